The van der Waals surface area contributed by atoms with Crippen LogP contribution >= 0.6 is 0 Å². The van der Waals surface area contributed by atoms with Crippen LogP contribution in [0.3, 0.4) is 0 Å². The second-order valence-corrected chi connectivity index (χ2v) is 3.51. The first-order valence-corrected chi connectivity index (χ1v) is 5.05. The summed E-state index contributed by atoms with van der Waals surface area (Å²) in [6, 6.07) is 13.4. The molecule has 2 aromatic carbocycles. The Morgan fingerprint density at radius 3 is 2.00 bits per heavy atom. The molecule has 0 bridgehead atoms. The molecule has 2 rings (SSSR count). The molecule has 3 heteroatoms. The van der Waals surface area contributed by atoms with E-state index >= 15 is 0 Å². The Labute approximate surface area is 97.0 Å². The molecule has 0 aliphatic heterocycles. The second kappa shape index (κ2) is 4.87. The topological polar surface area (TPSA) is 0 Å². The third kappa shape index (κ3) is 2.56. The van der Waals surface area contributed by atoms with E-state index < -0.39 is 11.9 Å². The lowest BCUT2D eigenvalue weighted by molar-refractivity contribution is 0.426. The Kier molecular flexibility index (Phi) is 3.28. The van der Waals surface area contributed by atoms with Crippen LogP contribution in [0.1, 0.15) is 11.1 Å². The Morgan fingerprint density at radius 1 is 0.765 bits per heavy atom. The highest BCUT2D eigenvalue weighted by molar-refractivity contribution is 5.80. The summed E-state index contributed by atoms with van der Waals surface area (Å²) in [6.07, 6.45) is -1.82. The largest absolute Gasteiger partial charge is 0.278 e. The van der Waals surface area contributed by atoms with Crippen molar-refractivity contribution < 1.29 is 13.2 Å². The van der Waals surface area contributed by atoms with Crippen molar-refractivity contribution in [2.45, 2.75) is 0 Å². The van der Waals surface area contributed by atoms with Crippen molar-refractivity contribution in [3.05, 3.63) is 77.6 Å². The van der Waals surface area contributed by atoms with Crippen LogP contribution in [0.5, 0.6) is 0 Å². The number of hydrogen-bond acceptors (Lipinski definition) is 0. The summed E-state index contributed by atoms with van der Waals surface area (Å²) in [6.45, 7) is 0. The average Bonchev–Trinajstić information content (AvgIpc) is 2.30. The number of hydrogen-bond donors (Lipinski definition) is 0. The van der Waals surface area contributed by atoms with Crippen molar-refractivity contribution in [2.24, 2.45) is 0 Å². The van der Waals surface area contributed by atoms with Crippen molar-refractivity contribution in [1.29, 1.82) is 0 Å². The van der Waals surface area contributed by atoms with E-state index in [-0.39, 0.29) is 11.1 Å². The monoisotopic (exact) mass is 234 g/mol. The van der Waals surface area contributed by atoms with E-state index in [0.717, 1.165) is 6.07 Å². The minimum absolute atomic E-state index is 0.177. The van der Waals surface area contributed by atoms with E-state index in [1.807, 2.05) is 0 Å². The fourth-order valence-corrected chi connectivity index (χ4v) is 1.63. The molecule has 86 valence electrons. The molecular formula is C14H9F3. The van der Waals surface area contributed by atoms with Crippen LogP contribution in [-0.2, 0) is 0 Å². The summed E-state index contributed by atoms with van der Waals surface area (Å²) in [5.74, 6) is -0.530. The lowest BCUT2D eigenvalue weighted by Gasteiger charge is -2.06. The van der Waals surface area contributed by atoms with Gasteiger partial charge in [-0.3, -0.25) is 0 Å². The highest BCUT2D eigenvalue weighted by Gasteiger charge is 2.12. The standard InChI is InChI=1S/C14H9F3/c15-12-8-4-7-11(9-12)13(14(16)17)10-5-2-1-3-6-10/h1-9H. The van der Waals surface area contributed by atoms with Gasteiger partial charge in [0.2, 0.25) is 0 Å². The SMILES string of the molecule is FC(F)=C(c1ccccc1)c1cccc(F)c1. The van der Waals surface area contributed by atoms with Gasteiger partial charge in [-0.1, -0.05) is 42.5 Å². The molecule has 17 heavy (non-hydrogen) atoms. The smallest absolute Gasteiger partial charge is 0.207 e. The summed E-state index contributed by atoms with van der Waals surface area (Å²) in [5, 5.41) is 0. The van der Waals surface area contributed by atoms with Crippen molar-refractivity contribution in [3.8, 4) is 0 Å². The molecule has 0 fully saturated rings. The normalized spacial score (nSPS) is 10.1. The second-order valence-electron chi connectivity index (χ2n) is 3.51. The van der Waals surface area contributed by atoms with Gasteiger partial charge in [-0.25, -0.2) is 4.39 Å². The fraction of sp³-hybridized carbons (Fsp3) is 0. The van der Waals surface area contributed by atoms with Gasteiger partial charge in [0, 0.05) is 0 Å². The molecule has 0 aliphatic rings. The molecule has 0 saturated heterocycles. The number of halogens is 3. The molecule has 0 N–H and O–H groups in total. The molecule has 0 spiro atoms. The van der Waals surface area contributed by atoms with E-state index in [1.165, 1.54) is 18.2 Å². The molecule has 0 saturated carbocycles. The summed E-state index contributed by atoms with van der Waals surface area (Å²) in [7, 11) is 0. The molecule has 0 atom stereocenters. The lowest BCUT2D eigenvalue weighted by Crippen LogP contribution is -1.90. The van der Waals surface area contributed by atoms with Gasteiger partial charge in [0.15, 0.2) is 0 Å². The zero-order chi connectivity index (χ0) is 12.3. The zero-order valence-electron chi connectivity index (χ0n) is 8.83. The minimum Gasteiger partial charge on any atom is -0.207 e. The van der Waals surface area contributed by atoms with Gasteiger partial charge in [0.05, 0.1) is 5.57 Å². The number of benzene rings is 2. The van der Waals surface area contributed by atoms with Crippen LogP contribution in [-0.4, -0.2) is 0 Å². The Hall–Kier alpha value is -2.03. The molecule has 0 aliphatic carbocycles. The van der Waals surface area contributed by atoms with E-state index in [0.29, 0.717) is 5.56 Å². The van der Waals surface area contributed by atoms with Crippen LogP contribution in [0.4, 0.5) is 13.2 Å². The fourth-order valence-electron chi connectivity index (χ4n) is 1.63. The van der Waals surface area contributed by atoms with Crippen LogP contribution in [0.2, 0.25) is 0 Å². The first-order chi connectivity index (χ1) is 8.18. The Bertz CT molecular complexity index is 540. The molecule has 0 unspecified atom stereocenters. The molecule has 0 radical (unpaired) electrons. The van der Waals surface area contributed by atoms with E-state index in [9.17, 15) is 13.2 Å². The summed E-state index contributed by atoms with van der Waals surface area (Å²) in [5.41, 5.74) is 0.319. The predicted octanol–water partition coefficient (Wildman–Crippen LogP) is 4.48. The van der Waals surface area contributed by atoms with Crippen LogP contribution in [0.25, 0.3) is 5.57 Å². The van der Waals surface area contributed by atoms with Gasteiger partial charge in [-0.15, -0.1) is 0 Å². The summed E-state index contributed by atoms with van der Waals surface area (Å²) in [4.78, 5) is 0. The maximum atomic E-state index is 13.0. The average molecular weight is 234 g/mol. The Morgan fingerprint density at radius 2 is 1.41 bits per heavy atom. The molecule has 0 nitrogen and oxygen atoms in total. The summed E-state index contributed by atoms with van der Waals surface area (Å²) >= 11 is 0. The highest BCUT2D eigenvalue weighted by atomic mass is 19.3. The lowest BCUT2D eigenvalue weighted by atomic mass is 9.99. The molecular weight excluding hydrogens is 225 g/mol. The van der Waals surface area contributed by atoms with Gasteiger partial charge in [0.1, 0.15) is 5.82 Å². The van der Waals surface area contributed by atoms with Gasteiger partial charge < -0.3 is 0 Å². The van der Waals surface area contributed by atoms with E-state index in [2.05, 4.69) is 0 Å². The Balaban J connectivity index is 2.56. The van der Waals surface area contributed by atoms with Crippen molar-refractivity contribution in [3.63, 3.8) is 0 Å². The van der Waals surface area contributed by atoms with Gasteiger partial charge >= 0.3 is 0 Å². The molecule has 0 heterocycles. The first-order valence-electron chi connectivity index (χ1n) is 5.05. The third-order valence-electron chi connectivity index (χ3n) is 2.36. The zero-order valence-corrected chi connectivity index (χ0v) is 8.83. The van der Waals surface area contributed by atoms with Crippen LogP contribution in [0.15, 0.2) is 60.7 Å². The van der Waals surface area contributed by atoms with Gasteiger partial charge in [0.25, 0.3) is 6.08 Å². The molecule has 0 aromatic heterocycles. The first kappa shape index (κ1) is 11.5. The maximum absolute atomic E-state index is 13.0. The molecule has 2 aromatic rings. The highest BCUT2D eigenvalue weighted by Crippen LogP contribution is 2.28. The van der Waals surface area contributed by atoms with Crippen molar-refractivity contribution >= 4 is 5.57 Å². The van der Waals surface area contributed by atoms with Gasteiger partial charge in [-0.2, -0.15) is 8.78 Å². The predicted molar refractivity (Wildman–Crippen MR) is 61.1 cm³/mol. The maximum Gasteiger partial charge on any atom is 0.278 e. The minimum atomic E-state index is -1.82. The number of rotatable bonds is 2. The van der Waals surface area contributed by atoms with E-state index in [1.54, 1.807) is 30.3 Å². The van der Waals surface area contributed by atoms with Crippen LogP contribution < -0.4 is 0 Å². The third-order valence-corrected chi connectivity index (χ3v) is 2.36. The van der Waals surface area contributed by atoms with Crippen LogP contribution in [0, 0.1) is 5.82 Å². The van der Waals surface area contributed by atoms with Crippen molar-refractivity contribution in [2.75, 3.05) is 0 Å². The van der Waals surface area contributed by atoms with E-state index in [4.69, 9.17) is 0 Å². The molecule has 0 amide bonds. The summed E-state index contributed by atoms with van der Waals surface area (Å²) < 4.78 is 39.0. The van der Waals surface area contributed by atoms with Crippen molar-refractivity contribution in [1.82, 2.24) is 0 Å². The van der Waals surface area contributed by atoms with Gasteiger partial charge in [-0.05, 0) is 23.3 Å². The quantitative estimate of drug-likeness (QED) is 0.718.